The van der Waals surface area contributed by atoms with Crippen LogP contribution in [0.4, 0.5) is 5.69 Å². The van der Waals surface area contributed by atoms with E-state index >= 15 is 0 Å². The summed E-state index contributed by atoms with van der Waals surface area (Å²) in [7, 11) is 1.62. The van der Waals surface area contributed by atoms with Crippen LogP contribution < -0.4 is 5.32 Å². The maximum Gasteiger partial charge on any atom is 0.303 e. The Bertz CT molecular complexity index is 470. The van der Waals surface area contributed by atoms with E-state index in [4.69, 9.17) is 9.84 Å². The van der Waals surface area contributed by atoms with Crippen LogP contribution in [0.3, 0.4) is 0 Å². The van der Waals surface area contributed by atoms with Crippen LogP contribution >= 0.6 is 0 Å². The summed E-state index contributed by atoms with van der Waals surface area (Å²) >= 11 is 0. The number of ether oxygens (including phenoxy) is 1. The molecule has 2 N–H and O–H groups in total. The van der Waals surface area contributed by atoms with E-state index in [0.29, 0.717) is 12.8 Å². The number of aliphatic carboxylic acids is 1. The third-order valence-corrected chi connectivity index (χ3v) is 3.42. The summed E-state index contributed by atoms with van der Waals surface area (Å²) in [5.74, 6) is -0.910. The van der Waals surface area contributed by atoms with Crippen molar-refractivity contribution in [2.75, 3.05) is 12.4 Å². The lowest BCUT2D eigenvalue weighted by molar-refractivity contribution is -0.137. The molecule has 0 spiro atoms. The quantitative estimate of drug-likeness (QED) is 0.772. The Balaban J connectivity index is 2.50. The number of rotatable bonds is 8. The first kappa shape index (κ1) is 17.2. The van der Waals surface area contributed by atoms with Crippen LogP contribution in [-0.4, -0.2) is 30.2 Å². The van der Waals surface area contributed by atoms with Gasteiger partial charge in [-0.25, -0.2) is 0 Å². The highest BCUT2D eigenvalue weighted by Gasteiger charge is 2.10. The number of benzene rings is 1. The van der Waals surface area contributed by atoms with E-state index in [1.165, 1.54) is 0 Å². The number of carbonyl (C=O) groups excluding carboxylic acids is 1. The lowest BCUT2D eigenvalue weighted by atomic mass is 9.98. The zero-order chi connectivity index (χ0) is 15.8. The number of carbonyl (C=O) groups is 2. The molecule has 0 aliphatic rings. The van der Waals surface area contributed by atoms with Crippen molar-refractivity contribution in [2.24, 2.45) is 0 Å². The zero-order valence-electron chi connectivity index (χ0n) is 12.8. The average molecular weight is 293 g/mol. The lowest BCUT2D eigenvalue weighted by Crippen LogP contribution is -2.15. The van der Waals surface area contributed by atoms with Gasteiger partial charge in [-0.05, 0) is 37.0 Å². The Morgan fingerprint density at radius 1 is 1.24 bits per heavy atom. The monoisotopic (exact) mass is 293 g/mol. The van der Waals surface area contributed by atoms with E-state index in [9.17, 15) is 9.59 Å². The molecule has 1 aromatic carbocycles. The molecule has 1 rings (SSSR count). The summed E-state index contributed by atoms with van der Waals surface area (Å²) in [5, 5.41) is 11.6. The summed E-state index contributed by atoms with van der Waals surface area (Å²) in [6.07, 6.45) is 1.25. The number of amides is 1. The molecule has 0 aliphatic carbocycles. The molecule has 2 unspecified atom stereocenters. The summed E-state index contributed by atoms with van der Waals surface area (Å²) in [6.45, 7) is 3.79. The number of hydrogen-bond acceptors (Lipinski definition) is 3. The second-order valence-electron chi connectivity index (χ2n) is 5.25. The molecule has 0 heterocycles. The van der Waals surface area contributed by atoms with Gasteiger partial charge >= 0.3 is 5.97 Å². The predicted molar refractivity (Wildman–Crippen MR) is 81.4 cm³/mol. The number of nitrogens with one attached hydrogen (secondary N) is 1. The Kier molecular flexibility index (Phi) is 6.88. The van der Waals surface area contributed by atoms with Crippen molar-refractivity contribution in [3.05, 3.63) is 29.8 Å². The first-order valence-electron chi connectivity index (χ1n) is 7.06. The Hall–Kier alpha value is -1.88. The molecular weight excluding hydrogens is 270 g/mol. The van der Waals surface area contributed by atoms with Crippen LogP contribution in [0.1, 0.15) is 44.6 Å². The van der Waals surface area contributed by atoms with E-state index < -0.39 is 5.97 Å². The molecule has 0 fully saturated rings. The second-order valence-corrected chi connectivity index (χ2v) is 5.25. The number of carboxylic acids is 1. The normalized spacial score (nSPS) is 13.5. The molecule has 0 radical (unpaired) electrons. The SMILES string of the molecule is COC(C)CCC(=O)Nc1ccc(C(C)CC(=O)O)cc1. The Labute approximate surface area is 125 Å². The van der Waals surface area contributed by atoms with Crippen LogP contribution in [0.25, 0.3) is 0 Å². The largest absolute Gasteiger partial charge is 0.481 e. The molecule has 0 saturated heterocycles. The third-order valence-electron chi connectivity index (χ3n) is 3.42. The molecule has 2 atom stereocenters. The molecule has 0 bridgehead atoms. The lowest BCUT2D eigenvalue weighted by Gasteiger charge is -2.11. The zero-order valence-corrected chi connectivity index (χ0v) is 12.8. The van der Waals surface area contributed by atoms with Crippen molar-refractivity contribution >= 4 is 17.6 Å². The fourth-order valence-electron chi connectivity index (χ4n) is 1.95. The minimum Gasteiger partial charge on any atom is -0.481 e. The van der Waals surface area contributed by atoms with E-state index in [1.807, 2.05) is 26.0 Å². The van der Waals surface area contributed by atoms with Crippen molar-refractivity contribution in [2.45, 2.75) is 45.1 Å². The molecule has 0 aliphatic heterocycles. The number of carboxylic acid groups (broad SMARTS) is 1. The van der Waals surface area contributed by atoms with Crippen molar-refractivity contribution in [3.63, 3.8) is 0 Å². The molecule has 1 aromatic rings. The first-order chi connectivity index (χ1) is 9.92. The van der Waals surface area contributed by atoms with Crippen molar-refractivity contribution < 1.29 is 19.4 Å². The second kappa shape index (κ2) is 8.42. The maximum absolute atomic E-state index is 11.8. The Morgan fingerprint density at radius 3 is 2.38 bits per heavy atom. The van der Waals surface area contributed by atoms with Gasteiger partial charge in [0, 0.05) is 19.2 Å². The van der Waals surface area contributed by atoms with Crippen molar-refractivity contribution in [1.29, 1.82) is 0 Å². The molecule has 5 nitrogen and oxygen atoms in total. The minimum atomic E-state index is -0.813. The van der Waals surface area contributed by atoms with E-state index in [0.717, 1.165) is 11.3 Å². The number of methoxy groups -OCH3 is 1. The highest BCUT2D eigenvalue weighted by molar-refractivity contribution is 5.90. The number of hydrogen-bond donors (Lipinski definition) is 2. The summed E-state index contributed by atoms with van der Waals surface area (Å²) in [4.78, 5) is 22.4. The van der Waals surface area contributed by atoms with Crippen LogP contribution in [0.5, 0.6) is 0 Å². The van der Waals surface area contributed by atoms with Gasteiger partial charge in [0.15, 0.2) is 0 Å². The van der Waals surface area contributed by atoms with Gasteiger partial charge in [-0.15, -0.1) is 0 Å². The minimum absolute atomic E-state index is 0.0465. The first-order valence-corrected chi connectivity index (χ1v) is 7.06. The Morgan fingerprint density at radius 2 is 1.86 bits per heavy atom. The maximum atomic E-state index is 11.8. The van der Waals surface area contributed by atoms with Crippen molar-refractivity contribution in [3.8, 4) is 0 Å². The van der Waals surface area contributed by atoms with E-state index in [1.54, 1.807) is 19.2 Å². The van der Waals surface area contributed by atoms with Crippen LogP contribution in [0, 0.1) is 0 Å². The van der Waals surface area contributed by atoms with Gasteiger partial charge in [-0.3, -0.25) is 9.59 Å². The van der Waals surface area contributed by atoms with Gasteiger partial charge < -0.3 is 15.2 Å². The van der Waals surface area contributed by atoms with Crippen LogP contribution in [0.15, 0.2) is 24.3 Å². The fraction of sp³-hybridized carbons (Fsp3) is 0.500. The smallest absolute Gasteiger partial charge is 0.303 e. The van der Waals surface area contributed by atoms with E-state index in [2.05, 4.69) is 5.32 Å². The fourth-order valence-corrected chi connectivity index (χ4v) is 1.95. The highest BCUT2D eigenvalue weighted by Crippen LogP contribution is 2.21. The summed E-state index contributed by atoms with van der Waals surface area (Å²) < 4.78 is 5.10. The van der Waals surface area contributed by atoms with Crippen molar-refractivity contribution in [1.82, 2.24) is 0 Å². The van der Waals surface area contributed by atoms with Gasteiger partial charge in [0.05, 0.1) is 12.5 Å². The summed E-state index contributed by atoms with van der Waals surface area (Å²) in [5.41, 5.74) is 1.67. The molecule has 5 heteroatoms. The van der Waals surface area contributed by atoms with Gasteiger partial charge in [0.2, 0.25) is 5.91 Å². The molecular formula is C16H23NO4. The van der Waals surface area contributed by atoms with Gasteiger partial charge in [-0.1, -0.05) is 19.1 Å². The third kappa shape index (κ3) is 6.40. The number of anilines is 1. The summed E-state index contributed by atoms with van der Waals surface area (Å²) in [6, 6.07) is 7.29. The highest BCUT2D eigenvalue weighted by atomic mass is 16.5. The standard InChI is InChI=1S/C16H23NO4/c1-11(10-16(19)20)13-5-7-14(8-6-13)17-15(18)9-4-12(2)21-3/h5-8,11-12H,4,9-10H2,1-3H3,(H,17,18)(H,19,20). The molecule has 116 valence electrons. The van der Waals surface area contributed by atoms with Gasteiger partial charge in [0.1, 0.15) is 0 Å². The predicted octanol–water partition coefficient (Wildman–Crippen LogP) is 3.02. The van der Waals surface area contributed by atoms with Gasteiger partial charge in [-0.2, -0.15) is 0 Å². The van der Waals surface area contributed by atoms with Crippen LogP contribution in [0.2, 0.25) is 0 Å². The molecule has 21 heavy (non-hydrogen) atoms. The van der Waals surface area contributed by atoms with E-state index in [-0.39, 0.29) is 24.3 Å². The molecule has 0 saturated carbocycles. The molecule has 1 amide bonds. The van der Waals surface area contributed by atoms with Gasteiger partial charge in [0.25, 0.3) is 0 Å². The topological polar surface area (TPSA) is 75.6 Å². The van der Waals surface area contributed by atoms with Crippen LogP contribution in [-0.2, 0) is 14.3 Å². The molecule has 0 aromatic heterocycles. The average Bonchev–Trinajstić information content (AvgIpc) is 2.44.